The fraction of sp³-hybridized carbons (Fsp3) is 0.375. The first-order valence-electron chi connectivity index (χ1n) is 7.11. The number of aliphatic carboxylic acids is 1. The standard InChI is InChI=1S/C16H17NO4S/c1-21-13-7-12(8-15(18)19)17(9-13)16(20)11-2-3-14-10(6-11)4-5-22-14/h2-6,12-13H,7-9H2,1H3,(H,18,19)/t12-,13+/m1/s1. The Morgan fingerprint density at radius 3 is 2.95 bits per heavy atom. The maximum absolute atomic E-state index is 12.7. The van der Waals surface area contributed by atoms with Gasteiger partial charge in [-0.3, -0.25) is 9.59 Å². The van der Waals surface area contributed by atoms with Crippen molar-refractivity contribution < 1.29 is 19.4 Å². The van der Waals surface area contributed by atoms with Gasteiger partial charge in [-0.25, -0.2) is 0 Å². The number of nitrogens with zero attached hydrogens (tertiary/aromatic N) is 1. The van der Waals surface area contributed by atoms with Crippen molar-refractivity contribution in [3.63, 3.8) is 0 Å². The van der Waals surface area contributed by atoms with Crippen LogP contribution in [-0.2, 0) is 9.53 Å². The van der Waals surface area contributed by atoms with Crippen molar-refractivity contribution in [2.24, 2.45) is 0 Å². The second-order valence-electron chi connectivity index (χ2n) is 5.48. The molecule has 1 fully saturated rings. The van der Waals surface area contributed by atoms with E-state index in [1.165, 1.54) is 0 Å². The number of ether oxygens (including phenoxy) is 1. The van der Waals surface area contributed by atoms with E-state index in [0.717, 1.165) is 10.1 Å². The second-order valence-corrected chi connectivity index (χ2v) is 6.42. The monoisotopic (exact) mass is 319 g/mol. The minimum absolute atomic E-state index is 0.0493. The molecule has 3 rings (SSSR count). The van der Waals surface area contributed by atoms with E-state index in [0.29, 0.717) is 18.5 Å². The third-order valence-electron chi connectivity index (χ3n) is 4.08. The van der Waals surface area contributed by atoms with Crippen molar-refractivity contribution in [2.45, 2.75) is 25.0 Å². The largest absolute Gasteiger partial charge is 0.481 e. The van der Waals surface area contributed by atoms with Crippen LogP contribution in [0, 0.1) is 0 Å². The zero-order chi connectivity index (χ0) is 15.7. The van der Waals surface area contributed by atoms with E-state index >= 15 is 0 Å². The van der Waals surface area contributed by atoms with Gasteiger partial charge in [0, 0.05) is 30.0 Å². The van der Waals surface area contributed by atoms with Gasteiger partial charge in [0.1, 0.15) is 0 Å². The Balaban J connectivity index is 1.86. The average Bonchev–Trinajstić information content (AvgIpc) is 3.11. The van der Waals surface area contributed by atoms with E-state index in [-0.39, 0.29) is 24.5 Å². The molecular weight excluding hydrogens is 302 g/mol. The van der Waals surface area contributed by atoms with Crippen molar-refractivity contribution in [1.82, 2.24) is 4.90 Å². The van der Waals surface area contributed by atoms with Crippen LogP contribution in [0.3, 0.4) is 0 Å². The van der Waals surface area contributed by atoms with Gasteiger partial charge in [-0.1, -0.05) is 0 Å². The molecule has 6 heteroatoms. The minimum atomic E-state index is -0.896. The summed E-state index contributed by atoms with van der Waals surface area (Å²) in [4.78, 5) is 25.4. The molecule has 1 aromatic carbocycles. The Hall–Kier alpha value is -1.92. The van der Waals surface area contributed by atoms with Crippen LogP contribution in [0.25, 0.3) is 10.1 Å². The summed E-state index contributed by atoms with van der Waals surface area (Å²) in [6, 6.07) is 7.27. The number of rotatable bonds is 4. The van der Waals surface area contributed by atoms with Crippen LogP contribution >= 0.6 is 11.3 Å². The molecular formula is C16H17NO4S. The average molecular weight is 319 g/mol. The second kappa shape index (κ2) is 6.06. The first-order valence-corrected chi connectivity index (χ1v) is 7.99. The molecule has 1 aliphatic heterocycles. The number of carboxylic acid groups (broad SMARTS) is 1. The summed E-state index contributed by atoms with van der Waals surface area (Å²) < 4.78 is 6.45. The molecule has 2 heterocycles. The van der Waals surface area contributed by atoms with E-state index in [9.17, 15) is 9.59 Å². The van der Waals surface area contributed by atoms with Crippen LogP contribution in [0.4, 0.5) is 0 Å². The fourth-order valence-corrected chi connectivity index (χ4v) is 3.72. The highest BCUT2D eigenvalue weighted by Crippen LogP contribution is 2.27. The molecule has 0 unspecified atom stereocenters. The summed E-state index contributed by atoms with van der Waals surface area (Å²) in [5.74, 6) is -1.02. The number of thiophene rings is 1. The summed E-state index contributed by atoms with van der Waals surface area (Å²) in [6.45, 7) is 0.439. The lowest BCUT2D eigenvalue weighted by Crippen LogP contribution is -2.37. The van der Waals surface area contributed by atoms with Crippen molar-refractivity contribution in [3.05, 3.63) is 35.2 Å². The Morgan fingerprint density at radius 2 is 2.23 bits per heavy atom. The molecule has 1 amide bonds. The smallest absolute Gasteiger partial charge is 0.305 e. The van der Waals surface area contributed by atoms with Gasteiger partial charge in [0.15, 0.2) is 0 Å². The predicted molar refractivity (Wildman–Crippen MR) is 84.3 cm³/mol. The number of amides is 1. The zero-order valence-corrected chi connectivity index (χ0v) is 13.0. The number of hydrogen-bond donors (Lipinski definition) is 1. The molecule has 1 aliphatic rings. The van der Waals surface area contributed by atoms with E-state index in [1.807, 2.05) is 23.6 Å². The molecule has 0 aliphatic carbocycles. The number of fused-ring (bicyclic) bond motifs is 1. The van der Waals surface area contributed by atoms with Crippen molar-refractivity contribution in [2.75, 3.05) is 13.7 Å². The quantitative estimate of drug-likeness (QED) is 0.940. The number of carboxylic acids is 1. The zero-order valence-electron chi connectivity index (χ0n) is 12.2. The molecule has 5 nitrogen and oxygen atoms in total. The lowest BCUT2D eigenvalue weighted by atomic mass is 10.1. The van der Waals surface area contributed by atoms with Crippen LogP contribution in [-0.4, -0.2) is 47.7 Å². The third-order valence-corrected chi connectivity index (χ3v) is 4.98. The molecule has 0 bridgehead atoms. The third kappa shape index (κ3) is 2.84. The fourth-order valence-electron chi connectivity index (χ4n) is 2.95. The van der Waals surface area contributed by atoms with Gasteiger partial charge in [0.25, 0.3) is 5.91 Å². The molecule has 1 aromatic heterocycles. The van der Waals surface area contributed by atoms with Crippen LogP contribution in [0.1, 0.15) is 23.2 Å². The molecule has 0 saturated carbocycles. The van der Waals surface area contributed by atoms with Crippen LogP contribution in [0.5, 0.6) is 0 Å². The molecule has 0 radical (unpaired) electrons. The summed E-state index contributed by atoms with van der Waals surface area (Å²) in [6.07, 6.45) is 0.416. The van der Waals surface area contributed by atoms with Gasteiger partial charge < -0.3 is 14.7 Å². The van der Waals surface area contributed by atoms with Gasteiger partial charge >= 0.3 is 5.97 Å². The highest BCUT2D eigenvalue weighted by molar-refractivity contribution is 7.17. The summed E-state index contributed by atoms with van der Waals surface area (Å²) in [5, 5.41) is 12.1. The Labute approximate surface area is 132 Å². The summed E-state index contributed by atoms with van der Waals surface area (Å²) >= 11 is 1.63. The SMILES string of the molecule is CO[C@H]1C[C@H](CC(=O)O)N(C(=O)c2ccc3sccc3c2)C1. The number of benzene rings is 1. The molecule has 2 atom stereocenters. The minimum Gasteiger partial charge on any atom is -0.481 e. The maximum atomic E-state index is 12.7. The summed E-state index contributed by atoms with van der Waals surface area (Å²) in [7, 11) is 1.59. The lowest BCUT2D eigenvalue weighted by molar-refractivity contribution is -0.137. The van der Waals surface area contributed by atoms with E-state index < -0.39 is 5.97 Å². The van der Waals surface area contributed by atoms with Gasteiger partial charge in [-0.05, 0) is 41.5 Å². The van der Waals surface area contributed by atoms with Gasteiger partial charge in [-0.2, -0.15) is 0 Å². The number of methoxy groups -OCH3 is 1. The predicted octanol–water partition coefficient (Wildman–Crippen LogP) is 2.61. The first kappa shape index (κ1) is 15.0. The van der Waals surface area contributed by atoms with E-state index in [4.69, 9.17) is 9.84 Å². The van der Waals surface area contributed by atoms with Crippen molar-refractivity contribution >= 4 is 33.3 Å². The Kier molecular flexibility index (Phi) is 4.13. The number of hydrogen-bond acceptors (Lipinski definition) is 4. The number of carbonyl (C=O) groups excluding carboxylic acids is 1. The van der Waals surface area contributed by atoms with Crippen molar-refractivity contribution in [3.8, 4) is 0 Å². The molecule has 116 valence electrons. The first-order chi connectivity index (χ1) is 10.6. The Bertz CT molecular complexity index is 711. The summed E-state index contributed by atoms with van der Waals surface area (Å²) in [5.41, 5.74) is 0.595. The van der Waals surface area contributed by atoms with Crippen molar-refractivity contribution in [1.29, 1.82) is 0 Å². The molecule has 1 N–H and O–H groups in total. The topological polar surface area (TPSA) is 66.8 Å². The van der Waals surface area contributed by atoms with Crippen LogP contribution < -0.4 is 0 Å². The van der Waals surface area contributed by atoms with E-state index in [1.54, 1.807) is 29.4 Å². The van der Waals surface area contributed by atoms with Crippen LogP contribution in [0.2, 0.25) is 0 Å². The van der Waals surface area contributed by atoms with Gasteiger partial charge in [0.2, 0.25) is 0 Å². The molecule has 22 heavy (non-hydrogen) atoms. The normalized spacial score (nSPS) is 21.4. The van der Waals surface area contributed by atoms with Crippen LogP contribution in [0.15, 0.2) is 29.6 Å². The number of carbonyl (C=O) groups is 2. The van der Waals surface area contributed by atoms with Gasteiger partial charge in [-0.15, -0.1) is 11.3 Å². The molecule has 1 saturated heterocycles. The maximum Gasteiger partial charge on any atom is 0.305 e. The highest BCUT2D eigenvalue weighted by Gasteiger charge is 2.36. The highest BCUT2D eigenvalue weighted by atomic mass is 32.1. The number of likely N-dealkylation sites (tertiary alicyclic amines) is 1. The van der Waals surface area contributed by atoms with Gasteiger partial charge in [0.05, 0.1) is 12.5 Å². The lowest BCUT2D eigenvalue weighted by Gasteiger charge is -2.23. The van der Waals surface area contributed by atoms with E-state index in [2.05, 4.69) is 0 Å². The molecule has 2 aromatic rings. The molecule has 0 spiro atoms. The Morgan fingerprint density at radius 1 is 1.41 bits per heavy atom.